The van der Waals surface area contributed by atoms with Gasteiger partial charge in [-0.2, -0.15) is 16.3 Å². The van der Waals surface area contributed by atoms with Crippen molar-refractivity contribution in [3.8, 4) is 5.95 Å². The van der Waals surface area contributed by atoms with Crippen LogP contribution in [0.15, 0.2) is 10.7 Å². The number of hydrogen-bond donors (Lipinski definition) is 1. The van der Waals surface area contributed by atoms with Gasteiger partial charge in [0, 0.05) is 19.1 Å². The van der Waals surface area contributed by atoms with E-state index in [1.807, 2.05) is 23.8 Å². The molecule has 1 aliphatic rings. The van der Waals surface area contributed by atoms with Gasteiger partial charge in [-0.25, -0.2) is 4.79 Å². The summed E-state index contributed by atoms with van der Waals surface area (Å²) in [6.45, 7) is 1.39. The van der Waals surface area contributed by atoms with Crippen molar-refractivity contribution in [2.24, 2.45) is 0 Å². The number of aromatic nitrogens is 2. The van der Waals surface area contributed by atoms with Crippen molar-refractivity contribution in [2.45, 2.75) is 19.4 Å². The lowest BCUT2D eigenvalue weighted by Gasteiger charge is -2.07. The highest BCUT2D eigenvalue weighted by Gasteiger charge is 2.39. The summed E-state index contributed by atoms with van der Waals surface area (Å²) in [5.41, 5.74) is 0. The Morgan fingerprint density at radius 2 is 2.50 bits per heavy atom. The fourth-order valence-electron chi connectivity index (χ4n) is 1.72. The van der Waals surface area contributed by atoms with Crippen LogP contribution < -0.4 is 14.7 Å². The van der Waals surface area contributed by atoms with Gasteiger partial charge in [-0.15, -0.1) is 0 Å². The number of rotatable bonds is 2. The molecule has 0 saturated carbocycles. The van der Waals surface area contributed by atoms with Crippen LogP contribution in [0.25, 0.3) is 0 Å². The molecule has 1 fully saturated rings. The van der Waals surface area contributed by atoms with Crippen LogP contribution in [0.1, 0.15) is 18.1 Å². The normalized spacial score (nSPS) is 20.0. The number of nitrogens with zero attached hydrogens (tertiary/aromatic N) is 3. The van der Waals surface area contributed by atoms with Crippen LogP contribution in [0.4, 0.5) is 0 Å². The molecule has 1 unspecified atom stereocenters. The third kappa shape index (κ3) is 1.99. The first-order chi connectivity index (χ1) is 7.59. The van der Waals surface area contributed by atoms with Gasteiger partial charge < -0.3 is 5.11 Å². The van der Waals surface area contributed by atoms with Crippen molar-refractivity contribution >= 4 is 17.7 Å². The van der Waals surface area contributed by atoms with Gasteiger partial charge in [-0.1, -0.05) is 0 Å². The van der Waals surface area contributed by atoms with E-state index >= 15 is 0 Å². The van der Waals surface area contributed by atoms with Crippen LogP contribution in [0.2, 0.25) is 0 Å². The molecule has 1 saturated heterocycles. The predicted octanol–water partition coefficient (Wildman–Crippen LogP) is -0.706. The highest BCUT2D eigenvalue weighted by Crippen LogP contribution is 2.19. The molecule has 1 aliphatic heterocycles. The van der Waals surface area contributed by atoms with Crippen molar-refractivity contribution in [3.05, 3.63) is 6.20 Å². The second-order valence-corrected chi connectivity index (χ2v) is 4.91. The molecule has 1 atom stereocenters. The van der Waals surface area contributed by atoms with E-state index in [1.54, 1.807) is 0 Å². The maximum atomic E-state index is 11.3. The first kappa shape index (κ1) is 11.3. The number of thioether (sulfide) groups is 1. The van der Waals surface area contributed by atoms with Gasteiger partial charge in [0.15, 0.2) is 10.8 Å². The largest absolute Gasteiger partial charge is 0.473 e. The molecule has 1 aromatic heterocycles. The molecular weight excluding hydrogens is 230 g/mol. The minimum atomic E-state index is -0.280. The van der Waals surface area contributed by atoms with Crippen molar-refractivity contribution < 1.29 is 24.1 Å². The van der Waals surface area contributed by atoms with E-state index in [9.17, 15) is 9.90 Å². The molecule has 0 aromatic carbocycles. The highest BCUT2D eigenvalue weighted by atomic mass is 32.2. The van der Waals surface area contributed by atoms with Crippen LogP contribution in [0, 0.1) is 0 Å². The Bertz CT molecular complexity index is 401. The molecule has 88 valence electrons. The average molecular weight is 245 g/mol. The summed E-state index contributed by atoms with van der Waals surface area (Å²) in [4.78, 5) is 13.9. The van der Waals surface area contributed by atoms with E-state index in [0.29, 0.717) is 6.04 Å². The van der Waals surface area contributed by atoms with E-state index in [0.717, 1.165) is 22.8 Å². The van der Waals surface area contributed by atoms with E-state index in [4.69, 9.17) is 4.52 Å². The molecular formula is C9H15N3O3S+2. The fraction of sp³-hybridized carbons (Fsp3) is 0.667. The summed E-state index contributed by atoms with van der Waals surface area (Å²) in [5, 5.41) is 11.2. The maximum absolute atomic E-state index is 11.3. The van der Waals surface area contributed by atoms with Gasteiger partial charge in [0.05, 0.1) is 0 Å². The zero-order valence-corrected chi connectivity index (χ0v) is 10.1. The molecule has 0 aliphatic carbocycles. The lowest BCUT2D eigenvalue weighted by molar-refractivity contribution is -1.26. The fourth-order valence-corrected chi connectivity index (χ4v) is 2.98. The second kappa shape index (κ2) is 4.32. The van der Waals surface area contributed by atoms with Gasteiger partial charge in [-0.05, 0) is 10.8 Å². The predicted molar refractivity (Wildman–Crippen MR) is 56.9 cm³/mol. The van der Waals surface area contributed by atoms with Gasteiger partial charge in [0.25, 0.3) is 0 Å². The molecule has 0 radical (unpaired) electrons. The summed E-state index contributed by atoms with van der Waals surface area (Å²) >= 11 is 1.88. The molecule has 0 amide bonds. The van der Waals surface area contributed by atoms with Gasteiger partial charge in [0.2, 0.25) is 4.85 Å². The topological polar surface area (TPSA) is 61.4 Å². The van der Waals surface area contributed by atoms with Gasteiger partial charge in [0.1, 0.15) is 7.05 Å². The first-order valence-corrected chi connectivity index (χ1v) is 6.24. The summed E-state index contributed by atoms with van der Waals surface area (Å²) < 4.78 is 4.89. The Morgan fingerprint density at radius 3 is 3.06 bits per heavy atom. The lowest BCUT2D eigenvalue weighted by atomic mass is 10.3. The second-order valence-electron chi connectivity index (χ2n) is 3.76. The minimum Gasteiger partial charge on any atom is -0.473 e. The zero-order valence-electron chi connectivity index (χ0n) is 9.29. The SMILES string of the molecule is CC(=O)[n+]1oc(O)c[n+]1N(C)C1CCSC1. The summed E-state index contributed by atoms with van der Waals surface area (Å²) in [5.74, 6) is 1.60. The van der Waals surface area contributed by atoms with E-state index in [2.05, 4.69) is 0 Å². The molecule has 1 aromatic rings. The number of carbonyl (C=O) groups excluding carboxylic acids is 1. The summed E-state index contributed by atoms with van der Waals surface area (Å²) in [6.07, 6.45) is 2.46. The molecule has 7 heteroatoms. The summed E-state index contributed by atoms with van der Waals surface area (Å²) in [7, 11) is 1.88. The third-order valence-corrected chi connectivity index (χ3v) is 3.76. The van der Waals surface area contributed by atoms with Crippen molar-refractivity contribution in [2.75, 3.05) is 23.6 Å². The number of carbonyl (C=O) groups is 1. The monoisotopic (exact) mass is 245 g/mol. The maximum Gasteiger partial charge on any atom is 0.414 e. The van der Waals surface area contributed by atoms with E-state index in [1.165, 1.54) is 17.9 Å². The first-order valence-electron chi connectivity index (χ1n) is 5.08. The Labute approximate surface area is 97.4 Å². The Morgan fingerprint density at radius 1 is 1.75 bits per heavy atom. The molecule has 16 heavy (non-hydrogen) atoms. The average Bonchev–Trinajstić information content (AvgIpc) is 2.84. The van der Waals surface area contributed by atoms with Crippen LogP contribution in [0.3, 0.4) is 0 Å². The van der Waals surface area contributed by atoms with E-state index in [-0.39, 0.29) is 11.9 Å². The Balaban J connectivity index is 2.27. The number of aromatic hydroxyl groups is 1. The standard InChI is InChI=1S/C9H14N3O3S/c1-7(13)12-11(5-9(14)15-12)10(2)8-3-4-16-6-8/h5,8H,3-4,6H2,1-2H3/q+1/p+1. The highest BCUT2D eigenvalue weighted by molar-refractivity contribution is 7.99. The summed E-state index contributed by atoms with van der Waals surface area (Å²) in [6, 6.07) is 0.359. The molecule has 2 rings (SSSR count). The Hall–Kier alpha value is -1.24. The van der Waals surface area contributed by atoms with Crippen LogP contribution in [-0.2, 0) is 0 Å². The minimum absolute atomic E-state index is 0.271. The lowest BCUT2D eigenvalue weighted by Crippen LogP contribution is -2.78. The molecule has 6 nitrogen and oxygen atoms in total. The molecule has 0 bridgehead atoms. The zero-order chi connectivity index (χ0) is 11.7. The van der Waals surface area contributed by atoms with Crippen molar-refractivity contribution in [1.29, 1.82) is 0 Å². The molecule has 2 heterocycles. The van der Waals surface area contributed by atoms with Crippen molar-refractivity contribution in [3.63, 3.8) is 0 Å². The number of hydrogen-bond acceptors (Lipinski definition) is 5. The van der Waals surface area contributed by atoms with Crippen LogP contribution in [-0.4, -0.2) is 35.6 Å². The molecule has 0 spiro atoms. The van der Waals surface area contributed by atoms with Gasteiger partial charge in [-0.3, -0.25) is 0 Å². The molecule has 1 N–H and O–H groups in total. The van der Waals surface area contributed by atoms with Crippen LogP contribution in [0.5, 0.6) is 5.95 Å². The van der Waals surface area contributed by atoms with E-state index < -0.39 is 0 Å². The third-order valence-electron chi connectivity index (χ3n) is 2.62. The van der Waals surface area contributed by atoms with Crippen LogP contribution >= 0.6 is 11.8 Å². The van der Waals surface area contributed by atoms with Crippen molar-refractivity contribution in [1.82, 2.24) is 0 Å². The quantitative estimate of drug-likeness (QED) is 0.698. The smallest absolute Gasteiger partial charge is 0.414 e. The Kier molecular flexibility index (Phi) is 3.04. The van der Waals surface area contributed by atoms with Gasteiger partial charge >= 0.3 is 18.1 Å².